The van der Waals surface area contributed by atoms with Gasteiger partial charge in [-0.3, -0.25) is 4.98 Å². The largest absolute Gasteiger partial charge is 0.497 e. The van der Waals surface area contributed by atoms with Gasteiger partial charge in [-0.15, -0.1) is 0 Å². The summed E-state index contributed by atoms with van der Waals surface area (Å²) in [5.74, 6) is 1.23. The van der Waals surface area contributed by atoms with Gasteiger partial charge < -0.3 is 20.1 Å². The Kier molecular flexibility index (Phi) is 7.67. The van der Waals surface area contributed by atoms with E-state index in [1.807, 2.05) is 24.3 Å². The quantitative estimate of drug-likeness (QED) is 0.276. The molecule has 5 saturated carbocycles. The second-order valence-electron chi connectivity index (χ2n) is 13.3. The lowest BCUT2D eigenvalue weighted by molar-refractivity contribution is -0.681. The van der Waals surface area contributed by atoms with E-state index in [9.17, 15) is 4.79 Å². The monoisotopic (exact) mass is 581 g/mol. The summed E-state index contributed by atoms with van der Waals surface area (Å²) in [5.41, 5.74) is 1.84. The number of pyridine rings is 1. The van der Waals surface area contributed by atoms with E-state index < -0.39 is 17.7 Å². The van der Waals surface area contributed by atoms with Gasteiger partial charge in [0.25, 0.3) is 0 Å². The Morgan fingerprint density at radius 1 is 1.10 bits per heavy atom. The Hall–Kier alpha value is -2.66. The molecule has 2 aromatic rings. The predicted molar refractivity (Wildman–Crippen MR) is 154 cm³/mol. The van der Waals surface area contributed by atoms with Gasteiger partial charge in [0.2, 0.25) is 11.6 Å². The third kappa shape index (κ3) is 5.42. The zero-order chi connectivity index (χ0) is 28.7. The first kappa shape index (κ1) is 28.1. The summed E-state index contributed by atoms with van der Waals surface area (Å²) in [7, 11) is 1.66. The van der Waals surface area contributed by atoms with Crippen LogP contribution in [-0.2, 0) is 24.3 Å². The van der Waals surface area contributed by atoms with Gasteiger partial charge in [0.1, 0.15) is 11.9 Å². The number of carbonyl (C=O) groups excluding carboxylic acids is 1. The summed E-state index contributed by atoms with van der Waals surface area (Å²) in [5, 5.41) is 7.47. The van der Waals surface area contributed by atoms with Crippen LogP contribution in [0.3, 0.4) is 0 Å². The molecule has 6 fully saturated rings. The maximum atomic E-state index is 12.6. The summed E-state index contributed by atoms with van der Waals surface area (Å²) in [6.07, 6.45) is 11.2. The second kappa shape index (κ2) is 11.4. The number of carbonyl (C=O) groups is 1. The van der Waals surface area contributed by atoms with Gasteiger partial charge in [-0.1, -0.05) is 6.07 Å². The highest BCUT2D eigenvalue weighted by atomic mass is 17.4. The fourth-order valence-corrected chi connectivity index (χ4v) is 8.35. The lowest BCUT2D eigenvalue weighted by atomic mass is 9.53. The van der Waals surface area contributed by atoms with Crippen LogP contribution in [0.2, 0.25) is 0 Å². The first-order valence-electron chi connectivity index (χ1n) is 15.8. The Bertz CT molecular complexity index is 1250. The minimum absolute atomic E-state index is 0.178. The van der Waals surface area contributed by atoms with E-state index in [0.29, 0.717) is 31.2 Å². The van der Waals surface area contributed by atoms with Gasteiger partial charge in [0.15, 0.2) is 0 Å². The third-order valence-corrected chi connectivity index (χ3v) is 10.2. The van der Waals surface area contributed by atoms with Crippen LogP contribution in [0.25, 0.3) is 10.9 Å². The Balaban J connectivity index is 0.853. The van der Waals surface area contributed by atoms with E-state index in [-0.39, 0.29) is 12.1 Å². The lowest BCUT2D eigenvalue weighted by Gasteiger charge is -2.60. The summed E-state index contributed by atoms with van der Waals surface area (Å²) >= 11 is 0. The molecule has 4 bridgehead atoms. The molecule has 2 heterocycles. The van der Waals surface area contributed by atoms with E-state index in [0.717, 1.165) is 85.5 Å². The average molecular weight is 582 g/mol. The molecule has 1 aromatic heterocycles. The molecule has 228 valence electrons. The summed E-state index contributed by atoms with van der Waals surface area (Å²) < 4.78 is 11.2. The highest BCUT2D eigenvalue weighted by Gasteiger charge is 2.65. The highest BCUT2D eigenvalue weighted by molar-refractivity contribution is 5.91. The van der Waals surface area contributed by atoms with Gasteiger partial charge in [0, 0.05) is 54.9 Å². The number of aromatic nitrogens is 1. The standard InChI is InChI=1S/C32H43N3O7/c1-20(35-28-18-27(37-2)17-23-7-5-10-33-29(23)28)6-4-11-34-30(36)38-26-8-3-9-31(19-26)39-41-32(42-40-31)24-13-21-12-22(15-24)16-25(32)14-21/h5,7,10,17-18,20-22,24-26,35H,3-4,6,8-9,11-16,19H2,1-2H3,(H,34,36). The number of nitrogens with zero attached hydrogens (tertiary/aromatic N) is 1. The fourth-order valence-electron chi connectivity index (χ4n) is 8.35. The first-order chi connectivity index (χ1) is 20.4. The number of hydrogen-bond acceptors (Lipinski definition) is 9. The van der Waals surface area contributed by atoms with E-state index in [1.54, 1.807) is 13.3 Å². The van der Waals surface area contributed by atoms with Crippen molar-refractivity contribution in [3.05, 3.63) is 30.5 Å². The number of nitrogens with one attached hydrogen (secondary N) is 2. The van der Waals surface area contributed by atoms with Crippen molar-refractivity contribution in [3.63, 3.8) is 0 Å². The molecule has 2 N–H and O–H groups in total. The number of benzene rings is 1. The molecule has 2 unspecified atom stereocenters. The van der Waals surface area contributed by atoms with Crippen molar-refractivity contribution in [1.29, 1.82) is 0 Å². The van der Waals surface area contributed by atoms with Crippen LogP contribution in [0.1, 0.15) is 77.6 Å². The molecule has 0 radical (unpaired) electrons. The summed E-state index contributed by atoms with van der Waals surface area (Å²) in [6, 6.07) is 8.07. The van der Waals surface area contributed by atoms with Crippen LogP contribution in [-0.4, -0.2) is 48.5 Å². The van der Waals surface area contributed by atoms with Crippen LogP contribution >= 0.6 is 0 Å². The summed E-state index contributed by atoms with van der Waals surface area (Å²) in [4.78, 5) is 41.5. The maximum Gasteiger partial charge on any atom is 0.407 e. The van der Waals surface area contributed by atoms with Crippen molar-refractivity contribution in [3.8, 4) is 5.75 Å². The van der Waals surface area contributed by atoms with Crippen molar-refractivity contribution in [2.24, 2.45) is 23.7 Å². The van der Waals surface area contributed by atoms with Crippen LogP contribution in [0.5, 0.6) is 5.75 Å². The number of hydrogen-bond donors (Lipinski definition) is 2. The van der Waals surface area contributed by atoms with Gasteiger partial charge >= 0.3 is 6.09 Å². The molecular weight excluding hydrogens is 538 g/mol. The van der Waals surface area contributed by atoms with Crippen molar-refractivity contribution < 1.29 is 33.8 Å². The van der Waals surface area contributed by atoms with E-state index >= 15 is 0 Å². The molecule has 2 spiro atoms. The number of anilines is 1. The topological polar surface area (TPSA) is 109 Å². The molecule has 8 rings (SSSR count). The van der Waals surface area contributed by atoms with Crippen LogP contribution in [0.4, 0.5) is 10.5 Å². The number of amides is 1. The maximum absolute atomic E-state index is 12.6. The third-order valence-electron chi connectivity index (χ3n) is 10.2. The molecule has 10 heteroatoms. The number of rotatable bonds is 8. The smallest absolute Gasteiger partial charge is 0.407 e. The molecule has 1 amide bonds. The van der Waals surface area contributed by atoms with E-state index in [1.165, 1.54) is 6.42 Å². The van der Waals surface area contributed by atoms with Crippen LogP contribution in [0.15, 0.2) is 30.5 Å². The van der Waals surface area contributed by atoms with Crippen molar-refractivity contribution in [2.75, 3.05) is 19.0 Å². The molecule has 6 aliphatic rings. The minimum Gasteiger partial charge on any atom is -0.497 e. The van der Waals surface area contributed by atoms with Gasteiger partial charge in [0.05, 0.1) is 18.3 Å². The van der Waals surface area contributed by atoms with Gasteiger partial charge in [-0.05, 0) is 88.7 Å². The number of methoxy groups -OCH3 is 1. The Morgan fingerprint density at radius 3 is 2.60 bits per heavy atom. The second-order valence-corrected chi connectivity index (χ2v) is 13.3. The lowest BCUT2D eigenvalue weighted by Crippen LogP contribution is -2.65. The Morgan fingerprint density at radius 2 is 1.86 bits per heavy atom. The zero-order valence-electron chi connectivity index (χ0n) is 24.6. The summed E-state index contributed by atoms with van der Waals surface area (Å²) in [6.45, 7) is 2.64. The molecule has 2 atom stereocenters. The molecule has 1 saturated heterocycles. The number of fused-ring (bicyclic) bond motifs is 1. The molecule has 42 heavy (non-hydrogen) atoms. The number of ether oxygens (including phenoxy) is 2. The zero-order valence-corrected chi connectivity index (χ0v) is 24.6. The van der Waals surface area contributed by atoms with E-state index in [2.05, 4.69) is 22.5 Å². The van der Waals surface area contributed by atoms with E-state index in [4.69, 9.17) is 29.0 Å². The van der Waals surface area contributed by atoms with Crippen LogP contribution < -0.4 is 15.4 Å². The van der Waals surface area contributed by atoms with Gasteiger partial charge in [-0.2, -0.15) is 19.6 Å². The average Bonchev–Trinajstić information content (AvgIpc) is 2.99. The Labute approximate surface area is 246 Å². The van der Waals surface area contributed by atoms with Gasteiger partial charge in [-0.25, -0.2) is 4.79 Å². The minimum atomic E-state index is -1.02. The molecule has 10 nitrogen and oxygen atoms in total. The number of alkyl carbamates (subject to hydrolysis) is 1. The molecule has 1 aliphatic heterocycles. The normalized spacial score (nSPS) is 35.8. The molecule has 5 aliphatic carbocycles. The van der Waals surface area contributed by atoms with Crippen LogP contribution in [0, 0.1) is 23.7 Å². The predicted octanol–water partition coefficient (Wildman–Crippen LogP) is 6.25. The molecular formula is C32H43N3O7. The molecule has 1 aromatic carbocycles. The van der Waals surface area contributed by atoms with Crippen molar-refractivity contribution in [1.82, 2.24) is 10.3 Å². The SMILES string of the molecule is COc1cc(NC(C)CCCNC(=O)OC2CCCC3(C2)OOC2(OO3)C3CC4CC(C3)CC2C4)c2ncccc2c1. The van der Waals surface area contributed by atoms with Crippen molar-refractivity contribution in [2.45, 2.75) is 101 Å². The fraction of sp³-hybridized carbons (Fsp3) is 0.688. The first-order valence-corrected chi connectivity index (χ1v) is 15.8. The van der Waals surface area contributed by atoms with Crippen molar-refractivity contribution >= 4 is 22.7 Å². The highest BCUT2D eigenvalue weighted by Crippen LogP contribution is 2.61.